The van der Waals surface area contributed by atoms with Crippen LogP contribution in [0.2, 0.25) is 0 Å². The number of nitrogens with one attached hydrogen (secondary N) is 1. The molecule has 0 saturated carbocycles. The van der Waals surface area contributed by atoms with E-state index in [9.17, 15) is 19.2 Å². The lowest BCUT2D eigenvalue weighted by Gasteiger charge is -2.26. The summed E-state index contributed by atoms with van der Waals surface area (Å²) in [6.45, 7) is 3.30. The molecule has 1 amide bonds. The van der Waals surface area contributed by atoms with Gasteiger partial charge >= 0.3 is 11.7 Å². The van der Waals surface area contributed by atoms with Gasteiger partial charge in [0.1, 0.15) is 5.82 Å². The van der Waals surface area contributed by atoms with Crippen LogP contribution in [0.3, 0.4) is 0 Å². The van der Waals surface area contributed by atoms with Crippen LogP contribution in [0.5, 0.6) is 0 Å². The van der Waals surface area contributed by atoms with Gasteiger partial charge in [0.05, 0.1) is 17.8 Å². The average Bonchev–Trinajstić information content (AvgIpc) is 2.92. The Morgan fingerprint density at radius 2 is 1.77 bits per heavy atom. The molecule has 10 nitrogen and oxygen atoms in total. The third kappa shape index (κ3) is 6.67. The number of aromatic nitrogens is 3. The summed E-state index contributed by atoms with van der Waals surface area (Å²) in [5.41, 5.74) is 6.73. The van der Waals surface area contributed by atoms with Crippen molar-refractivity contribution in [1.82, 2.24) is 14.5 Å². The van der Waals surface area contributed by atoms with Gasteiger partial charge in [0, 0.05) is 18.0 Å². The molecule has 39 heavy (non-hydrogen) atoms. The molecular weight excluding hydrogens is 498 g/mol. The number of H-pyrrole nitrogens is 1. The smallest absolute Gasteiger partial charge is 0.331 e. The third-order valence-electron chi connectivity index (χ3n) is 5.86. The fourth-order valence-corrected chi connectivity index (χ4v) is 4.03. The van der Waals surface area contributed by atoms with Crippen molar-refractivity contribution >= 4 is 40.4 Å². The summed E-state index contributed by atoms with van der Waals surface area (Å²) in [6, 6.07) is 20.3. The summed E-state index contributed by atoms with van der Waals surface area (Å²) in [7, 11) is 0. The van der Waals surface area contributed by atoms with Gasteiger partial charge in [-0.3, -0.25) is 19.1 Å². The minimum absolute atomic E-state index is 0.0585. The highest BCUT2D eigenvalue weighted by Crippen LogP contribution is 2.20. The van der Waals surface area contributed by atoms with Gasteiger partial charge in [-0.1, -0.05) is 68.4 Å². The summed E-state index contributed by atoms with van der Waals surface area (Å²) in [4.78, 5) is 58.8. The molecule has 3 N–H and O–H groups in total. The summed E-state index contributed by atoms with van der Waals surface area (Å²) >= 11 is 0. The molecule has 2 aromatic heterocycles. The zero-order chi connectivity index (χ0) is 27.9. The Balaban J connectivity index is 1.52. The van der Waals surface area contributed by atoms with Crippen molar-refractivity contribution in [1.29, 1.82) is 0 Å². The summed E-state index contributed by atoms with van der Waals surface area (Å²) in [5.74, 6) is -1.62. The van der Waals surface area contributed by atoms with E-state index < -0.39 is 29.7 Å². The number of para-hydroxylation sites is 1. The van der Waals surface area contributed by atoms with Crippen LogP contribution >= 0.6 is 0 Å². The van der Waals surface area contributed by atoms with Crippen LogP contribution in [0, 0.1) is 5.92 Å². The first-order valence-electron chi connectivity index (χ1n) is 12.4. The first-order valence-corrected chi connectivity index (χ1v) is 12.4. The van der Waals surface area contributed by atoms with Gasteiger partial charge in [-0.15, -0.1) is 0 Å². The van der Waals surface area contributed by atoms with E-state index in [1.807, 2.05) is 74.5 Å². The van der Waals surface area contributed by atoms with Crippen LogP contribution < -0.4 is 21.9 Å². The van der Waals surface area contributed by atoms with Crippen LogP contribution in [0.15, 0.2) is 82.4 Å². The second-order valence-corrected chi connectivity index (χ2v) is 9.33. The molecule has 4 rings (SSSR count). The molecule has 0 saturated heterocycles. The Morgan fingerprint density at radius 1 is 1.05 bits per heavy atom. The lowest BCUT2D eigenvalue weighted by molar-refractivity contribution is -0.142. The first kappa shape index (κ1) is 27.1. The standard InChI is InChI=1S/C29H29N5O5/c1-19(2)16-33(26-27(30)34(29(38)32-28(26)37)17-20-8-4-3-5-9-20)24(35)18-39-25(36)15-14-22-13-12-21-10-6-7-11-23(21)31-22/h3-15,19H,16-18,30H2,1-2H3,(H,32,37,38). The molecule has 0 aliphatic carbocycles. The number of nitrogens with two attached hydrogens (primary N) is 1. The Labute approximate surface area is 224 Å². The lowest BCUT2D eigenvalue weighted by atomic mass is 10.2. The second kappa shape index (κ2) is 12.0. The zero-order valence-electron chi connectivity index (χ0n) is 21.7. The number of ether oxygens (including phenoxy) is 1. The highest BCUT2D eigenvalue weighted by Gasteiger charge is 2.26. The summed E-state index contributed by atoms with van der Waals surface area (Å²) in [6.07, 6.45) is 2.67. The first-order chi connectivity index (χ1) is 18.7. The highest BCUT2D eigenvalue weighted by atomic mass is 16.5. The maximum Gasteiger partial charge on any atom is 0.331 e. The number of rotatable bonds is 9. The molecular formula is C29H29N5O5. The zero-order valence-corrected chi connectivity index (χ0v) is 21.7. The van der Waals surface area contributed by atoms with Crippen LogP contribution in [-0.2, 0) is 20.9 Å². The Bertz CT molecular complexity index is 1640. The summed E-state index contributed by atoms with van der Waals surface area (Å²) < 4.78 is 6.35. The Kier molecular flexibility index (Phi) is 8.35. The van der Waals surface area contributed by atoms with Gasteiger partial charge in [-0.25, -0.2) is 14.6 Å². The normalized spacial score (nSPS) is 11.3. The molecule has 2 heterocycles. The number of hydrogen-bond acceptors (Lipinski definition) is 7. The predicted octanol–water partition coefficient (Wildman–Crippen LogP) is 2.96. The quantitative estimate of drug-likeness (QED) is 0.252. The molecule has 10 heteroatoms. The Morgan fingerprint density at radius 3 is 2.51 bits per heavy atom. The van der Waals surface area contributed by atoms with Gasteiger partial charge in [-0.05, 0) is 29.7 Å². The SMILES string of the molecule is CC(C)CN(C(=O)COC(=O)C=Cc1ccc2ccccc2n1)c1c(N)n(Cc2ccccc2)c(=O)[nH]c1=O. The number of esters is 1. The van der Waals surface area contributed by atoms with Gasteiger partial charge in [-0.2, -0.15) is 0 Å². The van der Waals surface area contributed by atoms with Crippen molar-refractivity contribution in [3.05, 3.63) is 105 Å². The van der Waals surface area contributed by atoms with E-state index in [0.29, 0.717) is 5.69 Å². The number of fused-ring (bicyclic) bond motifs is 1. The lowest BCUT2D eigenvalue weighted by Crippen LogP contribution is -2.44. The number of hydrogen-bond donors (Lipinski definition) is 2. The molecule has 0 unspecified atom stereocenters. The number of carbonyl (C=O) groups is 2. The van der Waals surface area contributed by atoms with Gasteiger partial charge in [0.15, 0.2) is 12.3 Å². The molecule has 0 radical (unpaired) electrons. The molecule has 0 bridgehead atoms. The maximum absolute atomic E-state index is 13.2. The number of anilines is 2. The van der Waals surface area contributed by atoms with Crippen molar-refractivity contribution in [2.75, 3.05) is 23.8 Å². The van der Waals surface area contributed by atoms with Gasteiger partial charge < -0.3 is 15.4 Å². The third-order valence-corrected chi connectivity index (χ3v) is 5.86. The van der Waals surface area contributed by atoms with Crippen molar-refractivity contribution in [3.8, 4) is 0 Å². The number of amides is 1. The van der Waals surface area contributed by atoms with Crippen molar-refractivity contribution in [3.63, 3.8) is 0 Å². The van der Waals surface area contributed by atoms with Gasteiger partial charge in [0.2, 0.25) is 0 Å². The predicted molar refractivity (Wildman–Crippen MR) is 150 cm³/mol. The topological polar surface area (TPSA) is 140 Å². The van der Waals surface area contributed by atoms with E-state index in [1.165, 1.54) is 16.7 Å². The fraction of sp³-hybridized carbons (Fsp3) is 0.207. The maximum atomic E-state index is 13.2. The average molecular weight is 528 g/mol. The molecule has 0 atom stereocenters. The Hall–Kier alpha value is -4.99. The number of aromatic amines is 1. The number of carbonyl (C=O) groups excluding carboxylic acids is 2. The highest BCUT2D eigenvalue weighted by molar-refractivity contribution is 5.98. The van der Waals surface area contributed by atoms with Crippen molar-refractivity contribution in [2.24, 2.45) is 5.92 Å². The largest absolute Gasteiger partial charge is 0.452 e. The molecule has 200 valence electrons. The van der Waals surface area contributed by atoms with Crippen LogP contribution in [0.4, 0.5) is 11.5 Å². The molecule has 2 aromatic carbocycles. The van der Waals surface area contributed by atoms with Crippen molar-refractivity contribution in [2.45, 2.75) is 20.4 Å². The molecule has 0 aliphatic rings. The van der Waals surface area contributed by atoms with Crippen LogP contribution in [0.1, 0.15) is 25.1 Å². The minimum Gasteiger partial charge on any atom is -0.452 e. The van der Waals surface area contributed by atoms with Crippen molar-refractivity contribution < 1.29 is 14.3 Å². The second-order valence-electron chi connectivity index (χ2n) is 9.33. The molecule has 0 spiro atoms. The minimum atomic E-state index is -0.801. The van der Waals surface area contributed by atoms with E-state index in [1.54, 1.807) is 6.07 Å². The molecule has 4 aromatic rings. The monoisotopic (exact) mass is 527 g/mol. The van der Waals surface area contributed by atoms with Gasteiger partial charge in [0.25, 0.3) is 11.5 Å². The van der Waals surface area contributed by atoms with E-state index in [-0.39, 0.29) is 30.5 Å². The van der Waals surface area contributed by atoms with E-state index >= 15 is 0 Å². The van der Waals surface area contributed by atoms with E-state index in [2.05, 4.69) is 9.97 Å². The van der Waals surface area contributed by atoms with Crippen LogP contribution in [0.25, 0.3) is 17.0 Å². The number of benzene rings is 2. The fourth-order valence-electron chi connectivity index (χ4n) is 4.03. The van der Waals surface area contributed by atoms with Crippen LogP contribution in [-0.4, -0.2) is 39.6 Å². The number of nitrogens with zero attached hydrogens (tertiary/aromatic N) is 3. The molecule has 0 aliphatic heterocycles. The number of pyridine rings is 1. The van der Waals surface area contributed by atoms with E-state index in [0.717, 1.165) is 21.4 Å². The van der Waals surface area contributed by atoms with E-state index in [4.69, 9.17) is 10.5 Å². The summed E-state index contributed by atoms with van der Waals surface area (Å²) in [5, 5.41) is 0.970. The number of nitrogen functional groups attached to an aromatic ring is 1. The molecule has 0 fully saturated rings.